The van der Waals surface area contributed by atoms with Gasteiger partial charge in [-0.05, 0) is 24.3 Å². The molecule has 11 heteroatoms. The van der Waals surface area contributed by atoms with Crippen LogP contribution in [0.3, 0.4) is 0 Å². The fourth-order valence-electron chi connectivity index (χ4n) is 3.07. The van der Waals surface area contributed by atoms with Crippen molar-refractivity contribution in [1.82, 2.24) is 9.21 Å². The number of amides is 1. The minimum atomic E-state index is -4.02. The van der Waals surface area contributed by atoms with E-state index >= 15 is 0 Å². The minimum Gasteiger partial charge on any atom is -0.490 e. The van der Waals surface area contributed by atoms with Gasteiger partial charge in [-0.3, -0.25) is 14.9 Å². The molecule has 2 aromatic carbocycles. The van der Waals surface area contributed by atoms with E-state index in [9.17, 15) is 27.7 Å². The molecule has 1 saturated heterocycles. The van der Waals surface area contributed by atoms with E-state index in [4.69, 9.17) is 4.74 Å². The van der Waals surface area contributed by atoms with Gasteiger partial charge in [0.25, 0.3) is 5.91 Å². The molecule has 0 unspecified atom stereocenters. The molecular formula is C18H18FN3O6S. The monoisotopic (exact) mass is 423 g/mol. The average Bonchev–Trinajstić information content (AvgIpc) is 2.73. The molecule has 1 amide bonds. The normalized spacial score (nSPS) is 15.2. The first-order valence-electron chi connectivity index (χ1n) is 8.62. The first-order chi connectivity index (χ1) is 13.8. The molecule has 0 spiro atoms. The summed E-state index contributed by atoms with van der Waals surface area (Å²) >= 11 is 0. The summed E-state index contributed by atoms with van der Waals surface area (Å²) in [4.78, 5) is 24.2. The third kappa shape index (κ3) is 4.05. The van der Waals surface area contributed by atoms with Gasteiger partial charge in [-0.25, -0.2) is 12.8 Å². The summed E-state index contributed by atoms with van der Waals surface area (Å²) in [5, 5.41) is 11.1. The lowest BCUT2D eigenvalue weighted by molar-refractivity contribution is -0.385. The van der Waals surface area contributed by atoms with Gasteiger partial charge in [0.15, 0.2) is 5.75 Å². The van der Waals surface area contributed by atoms with E-state index < -0.39 is 31.6 Å². The zero-order valence-electron chi connectivity index (χ0n) is 15.4. The number of sulfonamides is 1. The molecule has 3 rings (SSSR count). The zero-order valence-corrected chi connectivity index (χ0v) is 16.3. The number of piperazine rings is 1. The third-order valence-corrected chi connectivity index (χ3v) is 6.53. The molecule has 1 fully saturated rings. The van der Waals surface area contributed by atoms with Crippen LogP contribution < -0.4 is 4.74 Å². The van der Waals surface area contributed by atoms with Crippen LogP contribution in [0.1, 0.15) is 10.4 Å². The van der Waals surface area contributed by atoms with Gasteiger partial charge in [0.1, 0.15) is 10.7 Å². The van der Waals surface area contributed by atoms with Gasteiger partial charge in [-0.2, -0.15) is 4.31 Å². The Morgan fingerprint density at radius 2 is 1.79 bits per heavy atom. The predicted octanol–water partition coefficient (Wildman–Crippen LogP) is 1.89. The molecule has 0 bridgehead atoms. The summed E-state index contributed by atoms with van der Waals surface area (Å²) in [6, 6.07) is 8.98. The Morgan fingerprint density at radius 3 is 2.38 bits per heavy atom. The van der Waals surface area contributed by atoms with E-state index in [0.29, 0.717) is 0 Å². The molecule has 29 heavy (non-hydrogen) atoms. The lowest BCUT2D eigenvalue weighted by Crippen LogP contribution is -2.50. The highest BCUT2D eigenvalue weighted by molar-refractivity contribution is 7.89. The van der Waals surface area contributed by atoms with Crippen molar-refractivity contribution in [2.75, 3.05) is 33.3 Å². The Hall–Kier alpha value is -3.05. The number of ether oxygens (including phenoxy) is 1. The molecular weight excluding hydrogens is 405 g/mol. The summed E-state index contributed by atoms with van der Waals surface area (Å²) in [7, 11) is -2.73. The average molecular weight is 423 g/mol. The molecule has 0 saturated carbocycles. The van der Waals surface area contributed by atoms with Crippen LogP contribution in [0.5, 0.6) is 5.75 Å². The Bertz CT molecular complexity index is 1050. The second-order valence-corrected chi connectivity index (χ2v) is 8.18. The quantitative estimate of drug-likeness (QED) is 0.537. The zero-order chi connectivity index (χ0) is 21.2. The number of hydrogen-bond donors (Lipinski definition) is 0. The molecule has 1 aliphatic rings. The second-order valence-electron chi connectivity index (χ2n) is 6.27. The molecule has 1 heterocycles. The van der Waals surface area contributed by atoms with Gasteiger partial charge in [-0.1, -0.05) is 12.1 Å². The molecule has 9 nitrogen and oxygen atoms in total. The van der Waals surface area contributed by atoms with E-state index in [1.165, 1.54) is 42.3 Å². The first-order valence-corrected chi connectivity index (χ1v) is 10.1. The summed E-state index contributed by atoms with van der Waals surface area (Å²) in [6.45, 7) is 0.125. The van der Waals surface area contributed by atoms with Gasteiger partial charge >= 0.3 is 5.69 Å². The number of rotatable bonds is 5. The number of benzene rings is 2. The SMILES string of the molecule is COc1ccc(C(=O)N2CCN(S(=O)(=O)c3ccccc3F)CC2)cc1[N+](=O)[O-]. The molecule has 0 N–H and O–H groups in total. The van der Waals surface area contributed by atoms with Crippen molar-refractivity contribution >= 4 is 21.6 Å². The molecule has 0 atom stereocenters. The van der Waals surface area contributed by atoms with Crippen LogP contribution in [0.15, 0.2) is 47.4 Å². The fraction of sp³-hybridized carbons (Fsp3) is 0.278. The van der Waals surface area contributed by atoms with Crippen molar-refractivity contribution < 1.29 is 27.3 Å². The number of hydrogen-bond acceptors (Lipinski definition) is 6. The van der Waals surface area contributed by atoms with Crippen molar-refractivity contribution in [3.05, 3.63) is 64.0 Å². The maximum atomic E-state index is 13.9. The maximum Gasteiger partial charge on any atom is 0.311 e. The van der Waals surface area contributed by atoms with Crippen LogP contribution in [0.25, 0.3) is 0 Å². The van der Waals surface area contributed by atoms with E-state index in [0.717, 1.165) is 16.4 Å². The topological polar surface area (TPSA) is 110 Å². The summed E-state index contributed by atoms with van der Waals surface area (Å²) in [6.07, 6.45) is 0. The van der Waals surface area contributed by atoms with Gasteiger partial charge < -0.3 is 9.64 Å². The second kappa shape index (κ2) is 8.13. The highest BCUT2D eigenvalue weighted by Gasteiger charge is 2.32. The molecule has 0 aliphatic carbocycles. The number of nitro groups is 1. The standard InChI is InChI=1S/C18H18FN3O6S/c1-28-16-7-6-13(12-15(16)22(24)25)18(23)20-8-10-21(11-9-20)29(26,27)17-5-3-2-4-14(17)19/h2-7,12H,8-11H2,1H3. The molecule has 154 valence electrons. The molecule has 0 radical (unpaired) electrons. The molecule has 0 aromatic heterocycles. The number of methoxy groups -OCH3 is 1. The van der Waals surface area contributed by atoms with Crippen molar-refractivity contribution in [2.45, 2.75) is 4.90 Å². The summed E-state index contributed by atoms with van der Waals surface area (Å²) < 4.78 is 45.2. The van der Waals surface area contributed by atoms with Crippen LogP contribution >= 0.6 is 0 Å². The van der Waals surface area contributed by atoms with Crippen molar-refractivity contribution in [2.24, 2.45) is 0 Å². The molecule has 2 aromatic rings. The van der Waals surface area contributed by atoms with E-state index in [-0.39, 0.29) is 43.2 Å². The first kappa shape index (κ1) is 20.7. The van der Waals surface area contributed by atoms with E-state index in [2.05, 4.69) is 0 Å². The Labute approximate surface area is 166 Å². The van der Waals surface area contributed by atoms with Crippen LogP contribution in [0.4, 0.5) is 10.1 Å². The van der Waals surface area contributed by atoms with Crippen LogP contribution in [-0.2, 0) is 10.0 Å². The number of halogens is 1. The number of carbonyl (C=O) groups excluding carboxylic acids is 1. The summed E-state index contributed by atoms with van der Waals surface area (Å²) in [5.74, 6) is -1.26. The highest BCUT2D eigenvalue weighted by Crippen LogP contribution is 2.28. The van der Waals surface area contributed by atoms with Crippen molar-refractivity contribution in [1.29, 1.82) is 0 Å². The Balaban J connectivity index is 1.74. The third-order valence-electron chi connectivity index (χ3n) is 4.60. The van der Waals surface area contributed by atoms with Gasteiger partial charge in [0.05, 0.1) is 12.0 Å². The fourth-order valence-corrected chi connectivity index (χ4v) is 4.56. The van der Waals surface area contributed by atoms with Gasteiger partial charge in [0.2, 0.25) is 10.0 Å². The van der Waals surface area contributed by atoms with Crippen molar-refractivity contribution in [3.63, 3.8) is 0 Å². The Morgan fingerprint density at radius 1 is 1.14 bits per heavy atom. The maximum absolute atomic E-state index is 13.9. The summed E-state index contributed by atoms with van der Waals surface area (Å²) in [5.41, 5.74) is -0.234. The van der Waals surface area contributed by atoms with Crippen molar-refractivity contribution in [3.8, 4) is 5.75 Å². The lowest BCUT2D eigenvalue weighted by atomic mass is 10.1. The van der Waals surface area contributed by atoms with Crippen LogP contribution in [0.2, 0.25) is 0 Å². The smallest absolute Gasteiger partial charge is 0.311 e. The van der Waals surface area contributed by atoms with Gasteiger partial charge in [-0.15, -0.1) is 0 Å². The Kier molecular flexibility index (Phi) is 5.80. The van der Waals surface area contributed by atoms with Crippen LogP contribution in [-0.4, -0.2) is 61.7 Å². The number of nitro benzene ring substituents is 1. The molecule has 1 aliphatic heterocycles. The van der Waals surface area contributed by atoms with E-state index in [1.807, 2.05) is 0 Å². The highest BCUT2D eigenvalue weighted by atomic mass is 32.2. The number of carbonyl (C=O) groups is 1. The van der Waals surface area contributed by atoms with Gasteiger partial charge in [0, 0.05) is 37.8 Å². The lowest BCUT2D eigenvalue weighted by Gasteiger charge is -2.34. The van der Waals surface area contributed by atoms with Crippen LogP contribution in [0, 0.1) is 15.9 Å². The van der Waals surface area contributed by atoms with E-state index in [1.54, 1.807) is 0 Å². The number of nitrogens with zero attached hydrogens (tertiary/aromatic N) is 3. The predicted molar refractivity (Wildman–Crippen MR) is 101 cm³/mol. The minimum absolute atomic E-state index is 0.0132. The largest absolute Gasteiger partial charge is 0.490 e.